The van der Waals surface area contributed by atoms with Crippen molar-refractivity contribution in [3.63, 3.8) is 0 Å². The topological polar surface area (TPSA) is 151 Å². The number of carbonyl (C=O) groups excluding carboxylic acids is 4. The molecule has 0 saturated carbocycles. The second-order valence-corrected chi connectivity index (χ2v) is 7.63. The number of morpholine rings is 1. The van der Waals surface area contributed by atoms with Gasteiger partial charge in [0.15, 0.2) is 24.0 Å². The minimum Gasteiger partial charge on any atom is -0.482 e. The Kier molecular flexibility index (Phi) is 6.66. The number of fused-ring (bicyclic) bond motifs is 1. The minimum atomic E-state index is -1.56. The summed E-state index contributed by atoms with van der Waals surface area (Å²) in [6, 6.07) is 9.36. The Labute approximate surface area is 193 Å². The van der Waals surface area contributed by atoms with E-state index in [0.717, 1.165) is 0 Å². The van der Waals surface area contributed by atoms with Gasteiger partial charge in [-0.1, -0.05) is 12.1 Å². The van der Waals surface area contributed by atoms with E-state index in [2.05, 4.69) is 10.7 Å². The molecule has 176 valence electrons. The second-order valence-electron chi connectivity index (χ2n) is 7.63. The molecule has 0 radical (unpaired) electrons. The summed E-state index contributed by atoms with van der Waals surface area (Å²) in [7, 11) is 0. The quantitative estimate of drug-likeness (QED) is 0.405. The highest BCUT2D eigenvalue weighted by Crippen LogP contribution is 2.34. The first-order valence-electron chi connectivity index (χ1n) is 10.5. The Balaban J connectivity index is 1.50. The maximum Gasteiger partial charge on any atom is 0.341 e. The zero-order valence-electron chi connectivity index (χ0n) is 17.9. The summed E-state index contributed by atoms with van der Waals surface area (Å²) in [6.07, 6.45) is 0. The smallest absolute Gasteiger partial charge is 0.341 e. The summed E-state index contributed by atoms with van der Waals surface area (Å²) in [5.41, 5.74) is 2.94. The molecule has 4 rings (SSSR count). The van der Waals surface area contributed by atoms with Crippen LogP contribution in [-0.2, 0) is 9.53 Å². The number of carboxylic acid groups (broad SMARTS) is 1. The molecular weight excluding hydrogens is 446 g/mol. The number of aliphatic carboxylic acids is 1. The molecule has 1 aliphatic carbocycles. The number of anilines is 1. The number of nitrogens with zero attached hydrogens (tertiary/aromatic N) is 1. The molecule has 3 N–H and O–H groups in total. The van der Waals surface area contributed by atoms with E-state index < -0.39 is 41.9 Å². The maximum absolute atomic E-state index is 13.1. The van der Waals surface area contributed by atoms with Gasteiger partial charge in [-0.3, -0.25) is 19.8 Å². The fourth-order valence-electron chi connectivity index (χ4n) is 3.78. The molecule has 11 heteroatoms. The second kappa shape index (κ2) is 9.81. The molecule has 1 aliphatic heterocycles. The van der Waals surface area contributed by atoms with Crippen molar-refractivity contribution in [2.45, 2.75) is 0 Å². The lowest BCUT2D eigenvalue weighted by molar-refractivity contribution is -0.139. The van der Waals surface area contributed by atoms with Crippen molar-refractivity contribution in [2.75, 3.05) is 38.2 Å². The number of nitrogens with one attached hydrogen (secondary N) is 2. The number of hydrazine groups is 1. The number of urea groups is 1. The van der Waals surface area contributed by atoms with E-state index in [1.165, 1.54) is 42.5 Å². The van der Waals surface area contributed by atoms with E-state index in [-0.39, 0.29) is 28.1 Å². The third-order valence-corrected chi connectivity index (χ3v) is 5.38. The Morgan fingerprint density at radius 1 is 1.03 bits per heavy atom. The van der Waals surface area contributed by atoms with Crippen molar-refractivity contribution >= 4 is 35.0 Å². The van der Waals surface area contributed by atoms with Crippen molar-refractivity contribution in [3.8, 4) is 5.75 Å². The van der Waals surface area contributed by atoms with Gasteiger partial charge in [0.2, 0.25) is 0 Å². The lowest BCUT2D eigenvalue weighted by Gasteiger charge is -2.27. The number of rotatable bonds is 7. The molecule has 1 fully saturated rings. The fraction of sp³-hybridized carbons (Fsp3) is 0.261. The molecule has 0 aromatic heterocycles. The first kappa shape index (κ1) is 23.1. The summed E-state index contributed by atoms with van der Waals surface area (Å²) < 4.78 is 10.3. The van der Waals surface area contributed by atoms with Gasteiger partial charge in [-0.25, -0.2) is 14.6 Å². The highest BCUT2D eigenvalue weighted by Gasteiger charge is 2.45. The predicted molar refractivity (Wildman–Crippen MR) is 117 cm³/mol. The third kappa shape index (κ3) is 4.80. The molecule has 2 aromatic carbocycles. The van der Waals surface area contributed by atoms with Gasteiger partial charge in [0.1, 0.15) is 11.7 Å². The van der Waals surface area contributed by atoms with Gasteiger partial charge < -0.3 is 19.9 Å². The number of hydrogen-bond donors (Lipinski definition) is 3. The summed E-state index contributed by atoms with van der Waals surface area (Å²) in [5, 5.41) is 12.9. The zero-order valence-corrected chi connectivity index (χ0v) is 17.9. The normalized spacial score (nSPS) is 17.7. The highest BCUT2D eigenvalue weighted by molar-refractivity contribution is 6.39. The van der Waals surface area contributed by atoms with Gasteiger partial charge in [0, 0.05) is 24.2 Å². The van der Waals surface area contributed by atoms with Crippen molar-refractivity contribution in [2.24, 2.45) is 5.92 Å². The van der Waals surface area contributed by atoms with Gasteiger partial charge in [0.25, 0.3) is 0 Å². The zero-order chi connectivity index (χ0) is 24.2. The van der Waals surface area contributed by atoms with Crippen molar-refractivity contribution < 1.29 is 38.6 Å². The van der Waals surface area contributed by atoms with Crippen LogP contribution >= 0.6 is 0 Å². The average molecular weight is 467 g/mol. The Bertz CT molecular complexity index is 1160. The number of benzene rings is 2. The Hall–Kier alpha value is -4.09. The molecule has 11 nitrogen and oxygen atoms in total. The van der Waals surface area contributed by atoms with Crippen LogP contribution in [0.2, 0.25) is 0 Å². The van der Waals surface area contributed by atoms with Gasteiger partial charge in [-0.05, 0) is 30.3 Å². The van der Waals surface area contributed by atoms with E-state index >= 15 is 0 Å². The Morgan fingerprint density at radius 2 is 1.74 bits per heavy atom. The van der Waals surface area contributed by atoms with E-state index in [0.29, 0.717) is 26.3 Å². The summed E-state index contributed by atoms with van der Waals surface area (Å²) >= 11 is 0. The van der Waals surface area contributed by atoms with E-state index in [9.17, 15) is 24.0 Å². The summed E-state index contributed by atoms with van der Waals surface area (Å²) in [4.78, 5) is 62.1. The number of Topliss-reactive ketones (excluding diaryl/α,β-unsaturated/α-hetero) is 3. The summed E-state index contributed by atoms with van der Waals surface area (Å²) in [6.45, 7) is 1.43. The highest BCUT2D eigenvalue weighted by atomic mass is 16.5. The molecule has 2 amide bonds. The van der Waals surface area contributed by atoms with Crippen LogP contribution in [0.3, 0.4) is 0 Å². The maximum atomic E-state index is 13.1. The molecule has 0 spiro atoms. The van der Waals surface area contributed by atoms with E-state index in [1.54, 1.807) is 5.01 Å². The van der Waals surface area contributed by atoms with Gasteiger partial charge in [-0.15, -0.1) is 0 Å². The lowest BCUT2D eigenvalue weighted by atomic mass is 9.93. The number of carbonyl (C=O) groups is 5. The van der Waals surface area contributed by atoms with E-state index in [4.69, 9.17) is 14.6 Å². The first-order valence-corrected chi connectivity index (χ1v) is 10.5. The molecule has 0 bridgehead atoms. The predicted octanol–water partition coefficient (Wildman–Crippen LogP) is 1.40. The van der Waals surface area contributed by atoms with Crippen molar-refractivity contribution in [1.29, 1.82) is 0 Å². The standard InChI is InChI=1S/C23H21N3O8/c27-17(28)12-34-14-6-4-13(5-7-14)20(29)19-21(30)15-2-1-3-16(18(15)22(19)31)24-23(32)25-26-8-10-33-11-9-26/h1-7,19H,8-12H2,(H,27,28)(H2,24,25,32). The van der Waals surface area contributed by atoms with Crippen LogP contribution < -0.4 is 15.5 Å². The van der Waals surface area contributed by atoms with Crippen LogP contribution in [0.4, 0.5) is 10.5 Å². The van der Waals surface area contributed by atoms with Crippen LogP contribution in [0.5, 0.6) is 5.75 Å². The van der Waals surface area contributed by atoms with Gasteiger partial charge >= 0.3 is 12.0 Å². The number of ether oxygens (including phenoxy) is 2. The minimum absolute atomic E-state index is 0.00982. The molecular formula is C23H21N3O8. The van der Waals surface area contributed by atoms with Gasteiger partial charge in [-0.2, -0.15) is 0 Å². The van der Waals surface area contributed by atoms with Crippen LogP contribution in [0.1, 0.15) is 31.1 Å². The van der Waals surface area contributed by atoms with Crippen LogP contribution in [0, 0.1) is 5.92 Å². The van der Waals surface area contributed by atoms with Crippen LogP contribution in [0.25, 0.3) is 0 Å². The van der Waals surface area contributed by atoms with Crippen LogP contribution in [0.15, 0.2) is 42.5 Å². The molecule has 1 unspecified atom stereocenters. The monoisotopic (exact) mass is 467 g/mol. The molecule has 2 aliphatic rings. The lowest BCUT2D eigenvalue weighted by Crippen LogP contribution is -2.49. The molecule has 1 atom stereocenters. The SMILES string of the molecule is O=C(O)COc1ccc(C(=O)C2C(=O)c3cccc(NC(=O)NN4CCOCC4)c3C2=O)cc1. The van der Waals surface area contributed by atoms with E-state index in [1.807, 2.05) is 0 Å². The van der Waals surface area contributed by atoms with Crippen molar-refractivity contribution in [3.05, 3.63) is 59.2 Å². The number of amides is 2. The fourth-order valence-corrected chi connectivity index (χ4v) is 3.78. The average Bonchev–Trinajstić information content (AvgIpc) is 3.09. The summed E-state index contributed by atoms with van der Waals surface area (Å²) in [5.74, 6) is -4.52. The Morgan fingerprint density at radius 3 is 2.41 bits per heavy atom. The number of carboxylic acids is 1. The molecule has 1 saturated heterocycles. The number of ketones is 3. The first-order chi connectivity index (χ1) is 16.3. The van der Waals surface area contributed by atoms with Crippen molar-refractivity contribution in [1.82, 2.24) is 10.4 Å². The molecule has 2 aromatic rings. The number of hydrogen-bond acceptors (Lipinski definition) is 8. The largest absolute Gasteiger partial charge is 0.482 e. The third-order valence-electron chi connectivity index (χ3n) is 5.38. The molecule has 34 heavy (non-hydrogen) atoms. The molecule has 1 heterocycles. The van der Waals surface area contributed by atoms with Gasteiger partial charge in [0.05, 0.1) is 24.5 Å². The van der Waals surface area contributed by atoms with Crippen LogP contribution in [-0.4, -0.2) is 72.4 Å².